The summed E-state index contributed by atoms with van der Waals surface area (Å²) in [5.74, 6) is -1.24. The van der Waals surface area contributed by atoms with Gasteiger partial charge in [-0.2, -0.15) is 0 Å². The van der Waals surface area contributed by atoms with Crippen LogP contribution in [0.2, 0.25) is 0 Å². The molecule has 7 nitrogen and oxygen atoms in total. The van der Waals surface area contributed by atoms with Crippen LogP contribution in [-0.4, -0.2) is 28.9 Å². The van der Waals surface area contributed by atoms with E-state index in [2.05, 4.69) is 15.8 Å². The van der Waals surface area contributed by atoms with Crippen LogP contribution in [0.1, 0.15) is 29.0 Å². The van der Waals surface area contributed by atoms with Crippen LogP contribution in [0.15, 0.2) is 10.7 Å². The Labute approximate surface area is 96.5 Å². The van der Waals surface area contributed by atoms with E-state index in [9.17, 15) is 14.4 Å². The molecule has 2 N–H and O–H groups in total. The number of amides is 3. The average molecular weight is 237 g/mol. The van der Waals surface area contributed by atoms with Crippen molar-refractivity contribution < 1.29 is 18.9 Å². The molecule has 1 aliphatic heterocycles. The largest absolute Gasteiger partial charge is 0.351 e. The zero-order valence-corrected chi connectivity index (χ0v) is 9.15. The number of aromatic nitrogens is 1. The first-order valence-corrected chi connectivity index (χ1v) is 5.14. The van der Waals surface area contributed by atoms with Crippen LogP contribution in [0.3, 0.4) is 0 Å². The molecule has 2 rings (SSSR count). The smallest absolute Gasteiger partial charge is 0.290 e. The van der Waals surface area contributed by atoms with Crippen LogP contribution < -0.4 is 10.6 Å². The summed E-state index contributed by atoms with van der Waals surface area (Å²) < 4.78 is 4.76. The number of hydrogen-bond donors (Lipinski definition) is 2. The molecule has 2 heterocycles. The fourth-order valence-corrected chi connectivity index (χ4v) is 1.56. The molecule has 1 aromatic heterocycles. The van der Waals surface area contributed by atoms with E-state index in [4.69, 9.17) is 4.52 Å². The predicted molar refractivity (Wildman–Crippen MR) is 54.9 cm³/mol. The van der Waals surface area contributed by atoms with E-state index in [1.165, 1.54) is 6.20 Å². The second-order valence-electron chi connectivity index (χ2n) is 3.82. The molecule has 1 aromatic rings. The molecule has 0 aliphatic carbocycles. The molecule has 0 spiro atoms. The van der Waals surface area contributed by atoms with Gasteiger partial charge in [0.1, 0.15) is 6.04 Å². The molecule has 0 bridgehead atoms. The van der Waals surface area contributed by atoms with Crippen molar-refractivity contribution in [1.82, 2.24) is 15.8 Å². The highest BCUT2D eigenvalue weighted by Gasteiger charge is 2.29. The van der Waals surface area contributed by atoms with Gasteiger partial charge in [-0.3, -0.25) is 19.7 Å². The Kier molecular flexibility index (Phi) is 2.90. The molecule has 0 saturated carbocycles. The summed E-state index contributed by atoms with van der Waals surface area (Å²) >= 11 is 0. The summed E-state index contributed by atoms with van der Waals surface area (Å²) in [6, 6.07) is -0.704. The van der Waals surface area contributed by atoms with Crippen LogP contribution in [0.25, 0.3) is 0 Å². The monoisotopic (exact) mass is 237 g/mol. The molecule has 1 fully saturated rings. The number of carbonyl (C=O) groups is 3. The summed E-state index contributed by atoms with van der Waals surface area (Å²) in [5, 5.41) is 8.13. The van der Waals surface area contributed by atoms with Gasteiger partial charge in [-0.25, -0.2) is 0 Å². The normalized spacial score (nSPS) is 19.9. The van der Waals surface area contributed by atoms with Gasteiger partial charge < -0.3 is 9.84 Å². The van der Waals surface area contributed by atoms with Crippen molar-refractivity contribution in [2.24, 2.45) is 0 Å². The van der Waals surface area contributed by atoms with E-state index in [-0.39, 0.29) is 18.1 Å². The number of nitrogens with zero attached hydrogens (tertiary/aromatic N) is 1. The molecule has 90 valence electrons. The lowest BCUT2D eigenvalue weighted by Crippen LogP contribution is -2.52. The van der Waals surface area contributed by atoms with Crippen molar-refractivity contribution in [3.8, 4) is 0 Å². The first-order chi connectivity index (χ1) is 8.08. The Bertz CT molecular complexity index is 480. The minimum absolute atomic E-state index is 0.0784. The van der Waals surface area contributed by atoms with Crippen LogP contribution >= 0.6 is 0 Å². The van der Waals surface area contributed by atoms with Gasteiger partial charge in [0.25, 0.3) is 5.91 Å². The lowest BCUT2D eigenvalue weighted by Gasteiger charge is -2.21. The number of nitrogens with one attached hydrogen (secondary N) is 2. The van der Waals surface area contributed by atoms with E-state index in [1.54, 1.807) is 6.92 Å². The minimum Gasteiger partial charge on any atom is -0.351 e. The second-order valence-corrected chi connectivity index (χ2v) is 3.82. The van der Waals surface area contributed by atoms with Gasteiger partial charge in [0.15, 0.2) is 0 Å². The fourth-order valence-electron chi connectivity index (χ4n) is 1.56. The highest BCUT2D eigenvalue weighted by molar-refractivity contribution is 6.03. The Hall–Kier alpha value is -2.18. The minimum atomic E-state index is -0.704. The maximum Gasteiger partial charge on any atom is 0.290 e. The van der Waals surface area contributed by atoms with E-state index in [1.807, 2.05) is 0 Å². The third kappa shape index (κ3) is 2.32. The van der Waals surface area contributed by atoms with Crippen molar-refractivity contribution in [2.75, 3.05) is 0 Å². The zero-order chi connectivity index (χ0) is 12.4. The number of aryl methyl sites for hydroxylation is 1. The van der Waals surface area contributed by atoms with Gasteiger partial charge in [-0.1, -0.05) is 5.16 Å². The van der Waals surface area contributed by atoms with Crippen LogP contribution in [-0.2, 0) is 9.59 Å². The van der Waals surface area contributed by atoms with Gasteiger partial charge in [-0.05, 0) is 13.3 Å². The summed E-state index contributed by atoms with van der Waals surface area (Å²) in [5.41, 5.74) is 0.592. The highest BCUT2D eigenvalue weighted by atomic mass is 16.5. The molecule has 0 aromatic carbocycles. The fraction of sp³-hybridized carbons (Fsp3) is 0.400. The van der Waals surface area contributed by atoms with E-state index < -0.39 is 17.9 Å². The highest BCUT2D eigenvalue weighted by Crippen LogP contribution is 2.09. The number of piperidine rings is 1. The van der Waals surface area contributed by atoms with Crippen molar-refractivity contribution in [3.63, 3.8) is 0 Å². The number of carbonyl (C=O) groups excluding carboxylic acids is 3. The standard InChI is InChI=1S/C10H11N3O4/c1-5-4-11-17-8(5)10(16)12-6-2-3-7(14)13-9(6)15/h4,6H,2-3H2,1H3,(H,12,16)(H,13,14,15). The Morgan fingerprint density at radius 1 is 1.59 bits per heavy atom. The van der Waals surface area contributed by atoms with Gasteiger partial charge in [0, 0.05) is 12.0 Å². The number of hydrogen-bond acceptors (Lipinski definition) is 5. The summed E-state index contributed by atoms with van der Waals surface area (Å²) in [6.45, 7) is 1.68. The summed E-state index contributed by atoms with van der Waals surface area (Å²) in [6.07, 6.45) is 1.93. The Balaban J connectivity index is 2.02. The number of rotatable bonds is 2. The van der Waals surface area contributed by atoms with E-state index in [0.29, 0.717) is 12.0 Å². The van der Waals surface area contributed by atoms with Crippen molar-refractivity contribution >= 4 is 17.7 Å². The van der Waals surface area contributed by atoms with Gasteiger partial charge in [-0.15, -0.1) is 0 Å². The van der Waals surface area contributed by atoms with Crippen molar-refractivity contribution in [1.29, 1.82) is 0 Å². The van der Waals surface area contributed by atoms with Crippen LogP contribution in [0, 0.1) is 6.92 Å². The quantitative estimate of drug-likeness (QED) is 0.676. The zero-order valence-electron chi connectivity index (χ0n) is 9.15. The molecular formula is C10H11N3O4. The van der Waals surface area contributed by atoms with Gasteiger partial charge >= 0.3 is 0 Å². The molecule has 7 heteroatoms. The van der Waals surface area contributed by atoms with Gasteiger partial charge in [0.2, 0.25) is 17.6 Å². The lowest BCUT2D eigenvalue weighted by molar-refractivity contribution is -0.134. The lowest BCUT2D eigenvalue weighted by atomic mass is 10.1. The van der Waals surface area contributed by atoms with Crippen molar-refractivity contribution in [2.45, 2.75) is 25.8 Å². The molecule has 3 amide bonds. The van der Waals surface area contributed by atoms with Gasteiger partial charge in [0.05, 0.1) is 6.20 Å². The van der Waals surface area contributed by atoms with E-state index in [0.717, 1.165) is 0 Å². The number of imide groups is 1. The Morgan fingerprint density at radius 2 is 2.35 bits per heavy atom. The Morgan fingerprint density at radius 3 is 2.94 bits per heavy atom. The first-order valence-electron chi connectivity index (χ1n) is 5.14. The molecule has 1 unspecified atom stereocenters. The summed E-state index contributed by atoms with van der Waals surface area (Å²) in [4.78, 5) is 34.0. The van der Waals surface area contributed by atoms with Crippen molar-refractivity contribution in [3.05, 3.63) is 17.5 Å². The third-order valence-corrected chi connectivity index (χ3v) is 2.50. The molecule has 0 radical (unpaired) electrons. The maximum atomic E-state index is 11.7. The van der Waals surface area contributed by atoms with Crippen LogP contribution in [0.5, 0.6) is 0 Å². The maximum absolute atomic E-state index is 11.7. The third-order valence-electron chi connectivity index (χ3n) is 2.50. The predicted octanol–water partition coefficient (Wildman–Crippen LogP) is -0.482. The molecular weight excluding hydrogens is 226 g/mol. The average Bonchev–Trinajstić information content (AvgIpc) is 2.68. The SMILES string of the molecule is Cc1cnoc1C(=O)NC1CCC(=O)NC1=O. The molecule has 1 aliphatic rings. The second kappa shape index (κ2) is 4.36. The molecule has 1 atom stereocenters. The topological polar surface area (TPSA) is 101 Å². The van der Waals surface area contributed by atoms with E-state index >= 15 is 0 Å². The molecule has 1 saturated heterocycles. The first kappa shape index (κ1) is 11.3. The molecule has 17 heavy (non-hydrogen) atoms. The van der Waals surface area contributed by atoms with Crippen LogP contribution in [0.4, 0.5) is 0 Å². The summed E-state index contributed by atoms with van der Waals surface area (Å²) in [7, 11) is 0.